The first-order chi connectivity index (χ1) is 9.13. The molecule has 2 aromatic rings. The van der Waals surface area contributed by atoms with E-state index in [0.29, 0.717) is 12.3 Å². The molecule has 3 rings (SSSR count). The van der Waals surface area contributed by atoms with Crippen LogP contribution in [0.1, 0.15) is 41.4 Å². The lowest BCUT2D eigenvalue weighted by atomic mass is 10.1. The van der Waals surface area contributed by atoms with Gasteiger partial charge < -0.3 is 4.98 Å². The normalized spacial score (nSPS) is 14.6. The molecule has 19 heavy (non-hydrogen) atoms. The van der Waals surface area contributed by atoms with Crippen LogP contribution in [0.5, 0.6) is 0 Å². The maximum atomic E-state index is 11.9. The summed E-state index contributed by atoms with van der Waals surface area (Å²) in [6.45, 7) is 2.07. The van der Waals surface area contributed by atoms with Gasteiger partial charge in [0, 0.05) is 12.3 Å². The van der Waals surface area contributed by atoms with Crippen molar-refractivity contribution in [1.29, 1.82) is 0 Å². The van der Waals surface area contributed by atoms with Crippen LogP contribution < -0.4 is 5.56 Å². The second-order valence-corrected chi connectivity index (χ2v) is 6.23. The number of halogens is 1. The molecule has 0 aliphatic heterocycles. The Hall–Kier alpha value is -1.17. The average molecular weight is 366 g/mol. The fraction of sp³-hybridized carbons (Fsp3) is 0.333. The van der Waals surface area contributed by atoms with Gasteiger partial charge in [0.15, 0.2) is 0 Å². The average Bonchev–Trinajstić information content (AvgIpc) is 3.18. The number of rotatable bonds is 3. The molecule has 0 radical (unpaired) electrons. The molecule has 1 aliphatic carbocycles. The number of aromatic amines is 1. The van der Waals surface area contributed by atoms with E-state index < -0.39 is 0 Å². The van der Waals surface area contributed by atoms with Gasteiger partial charge in [-0.2, -0.15) is 0 Å². The van der Waals surface area contributed by atoms with Crippen LogP contribution in [0.25, 0.3) is 0 Å². The molecule has 1 heterocycles. The molecule has 1 aliphatic rings. The van der Waals surface area contributed by atoms with Crippen molar-refractivity contribution in [2.24, 2.45) is 0 Å². The number of nitrogens with one attached hydrogen (secondary N) is 1. The highest BCUT2D eigenvalue weighted by molar-refractivity contribution is 14.1. The van der Waals surface area contributed by atoms with Crippen LogP contribution in [0.2, 0.25) is 0 Å². The summed E-state index contributed by atoms with van der Waals surface area (Å²) >= 11 is 2.11. The first-order valence-electron chi connectivity index (χ1n) is 6.47. The van der Waals surface area contributed by atoms with Crippen molar-refractivity contribution < 1.29 is 0 Å². The van der Waals surface area contributed by atoms with Crippen LogP contribution in [-0.4, -0.2) is 9.97 Å². The van der Waals surface area contributed by atoms with Gasteiger partial charge in [0.25, 0.3) is 5.56 Å². The van der Waals surface area contributed by atoms with E-state index in [1.165, 1.54) is 11.1 Å². The predicted molar refractivity (Wildman–Crippen MR) is 83.5 cm³/mol. The van der Waals surface area contributed by atoms with E-state index in [2.05, 4.69) is 57.7 Å². The highest BCUT2D eigenvalue weighted by atomic mass is 127. The summed E-state index contributed by atoms with van der Waals surface area (Å²) in [7, 11) is 0. The standard InChI is InChI=1S/C15H15IN2O/c1-9-3-2-4-10(7-9)8-12-17-14(11-5-6-11)13(16)15(19)18-12/h2-4,7,11H,5-6,8H2,1H3,(H,17,18,19). The smallest absolute Gasteiger partial charge is 0.264 e. The molecule has 1 aromatic heterocycles. The van der Waals surface area contributed by atoms with Gasteiger partial charge in [-0.05, 0) is 47.9 Å². The minimum Gasteiger partial charge on any atom is -0.309 e. The summed E-state index contributed by atoms with van der Waals surface area (Å²) < 4.78 is 0.757. The number of benzene rings is 1. The van der Waals surface area contributed by atoms with E-state index in [9.17, 15) is 4.79 Å². The van der Waals surface area contributed by atoms with E-state index in [-0.39, 0.29) is 5.56 Å². The molecule has 1 aromatic carbocycles. The second-order valence-electron chi connectivity index (χ2n) is 5.15. The van der Waals surface area contributed by atoms with E-state index in [1.54, 1.807) is 0 Å². The maximum absolute atomic E-state index is 11.9. The quantitative estimate of drug-likeness (QED) is 0.849. The number of aromatic nitrogens is 2. The number of aryl methyl sites for hydroxylation is 1. The lowest BCUT2D eigenvalue weighted by Gasteiger charge is -2.06. The van der Waals surface area contributed by atoms with Gasteiger partial charge in [0.1, 0.15) is 5.82 Å². The van der Waals surface area contributed by atoms with Crippen LogP contribution in [0, 0.1) is 10.5 Å². The molecule has 98 valence electrons. The van der Waals surface area contributed by atoms with Gasteiger partial charge in [0.2, 0.25) is 0 Å². The molecule has 1 fully saturated rings. The van der Waals surface area contributed by atoms with E-state index >= 15 is 0 Å². The number of hydrogen-bond acceptors (Lipinski definition) is 2. The zero-order valence-electron chi connectivity index (χ0n) is 10.7. The fourth-order valence-electron chi connectivity index (χ4n) is 2.25. The summed E-state index contributed by atoms with van der Waals surface area (Å²) in [4.78, 5) is 19.5. The summed E-state index contributed by atoms with van der Waals surface area (Å²) in [5, 5.41) is 0. The van der Waals surface area contributed by atoms with Crippen molar-refractivity contribution in [3.63, 3.8) is 0 Å². The molecule has 4 heteroatoms. The Morgan fingerprint density at radius 1 is 1.42 bits per heavy atom. The zero-order valence-corrected chi connectivity index (χ0v) is 12.9. The van der Waals surface area contributed by atoms with Crippen molar-refractivity contribution in [1.82, 2.24) is 9.97 Å². The van der Waals surface area contributed by atoms with Crippen LogP contribution in [0.4, 0.5) is 0 Å². The summed E-state index contributed by atoms with van der Waals surface area (Å²) in [5.41, 5.74) is 3.41. The van der Waals surface area contributed by atoms with E-state index in [1.807, 2.05) is 6.07 Å². The minimum absolute atomic E-state index is 0.000142. The van der Waals surface area contributed by atoms with Crippen molar-refractivity contribution >= 4 is 22.6 Å². The Balaban J connectivity index is 1.95. The summed E-state index contributed by atoms with van der Waals surface area (Å²) in [6.07, 6.45) is 3.01. The number of nitrogens with zero attached hydrogens (tertiary/aromatic N) is 1. The third kappa shape index (κ3) is 2.88. The van der Waals surface area contributed by atoms with Crippen LogP contribution in [0.15, 0.2) is 29.1 Å². The van der Waals surface area contributed by atoms with Crippen molar-refractivity contribution in [2.45, 2.75) is 32.1 Å². The van der Waals surface area contributed by atoms with Gasteiger partial charge in [-0.3, -0.25) is 4.79 Å². The summed E-state index contributed by atoms with van der Waals surface area (Å²) in [6, 6.07) is 8.32. The maximum Gasteiger partial charge on any atom is 0.264 e. The van der Waals surface area contributed by atoms with Crippen LogP contribution >= 0.6 is 22.6 Å². The minimum atomic E-state index is 0.000142. The molecule has 0 atom stereocenters. The first kappa shape index (κ1) is 12.8. The molecular formula is C15H15IN2O. The highest BCUT2D eigenvalue weighted by Crippen LogP contribution is 2.40. The summed E-state index contributed by atoms with van der Waals surface area (Å²) in [5.74, 6) is 1.28. The SMILES string of the molecule is Cc1cccc(Cc2nc(C3CC3)c(I)c(=O)[nH]2)c1. The van der Waals surface area contributed by atoms with Crippen molar-refractivity contribution in [3.05, 3.63) is 60.8 Å². The van der Waals surface area contributed by atoms with Gasteiger partial charge in [-0.25, -0.2) is 4.98 Å². The molecule has 3 nitrogen and oxygen atoms in total. The highest BCUT2D eigenvalue weighted by Gasteiger charge is 2.28. The molecule has 0 spiro atoms. The Morgan fingerprint density at radius 3 is 2.89 bits per heavy atom. The van der Waals surface area contributed by atoms with Crippen LogP contribution in [0.3, 0.4) is 0 Å². The Kier molecular flexibility index (Phi) is 3.43. The lowest BCUT2D eigenvalue weighted by molar-refractivity contribution is 0.869. The number of hydrogen-bond donors (Lipinski definition) is 1. The third-order valence-corrected chi connectivity index (χ3v) is 4.40. The molecular weight excluding hydrogens is 351 g/mol. The zero-order chi connectivity index (χ0) is 13.4. The predicted octanol–water partition coefficient (Wildman–Crippen LogP) is 3.15. The Morgan fingerprint density at radius 2 is 2.21 bits per heavy atom. The van der Waals surface area contributed by atoms with E-state index in [0.717, 1.165) is 27.9 Å². The van der Waals surface area contributed by atoms with Gasteiger partial charge in [0.05, 0.1) is 9.26 Å². The lowest BCUT2D eigenvalue weighted by Crippen LogP contribution is -2.18. The monoisotopic (exact) mass is 366 g/mol. The molecule has 1 N–H and O–H groups in total. The van der Waals surface area contributed by atoms with Crippen molar-refractivity contribution in [2.75, 3.05) is 0 Å². The number of H-pyrrole nitrogens is 1. The Bertz CT molecular complexity index is 674. The molecule has 0 saturated heterocycles. The van der Waals surface area contributed by atoms with Gasteiger partial charge in [-0.1, -0.05) is 29.8 Å². The molecule has 0 unspecified atom stereocenters. The molecule has 1 saturated carbocycles. The van der Waals surface area contributed by atoms with Crippen molar-refractivity contribution in [3.8, 4) is 0 Å². The first-order valence-corrected chi connectivity index (χ1v) is 7.55. The largest absolute Gasteiger partial charge is 0.309 e. The van der Waals surface area contributed by atoms with Gasteiger partial charge >= 0.3 is 0 Å². The van der Waals surface area contributed by atoms with E-state index in [4.69, 9.17) is 0 Å². The second kappa shape index (κ2) is 5.07. The van der Waals surface area contributed by atoms with Gasteiger partial charge in [-0.15, -0.1) is 0 Å². The van der Waals surface area contributed by atoms with Crippen LogP contribution in [-0.2, 0) is 6.42 Å². The topological polar surface area (TPSA) is 45.8 Å². The molecule has 0 amide bonds. The molecule has 0 bridgehead atoms. The fourth-order valence-corrected chi connectivity index (χ4v) is 2.95. The third-order valence-electron chi connectivity index (χ3n) is 3.36. The Labute approximate surface area is 125 Å².